The molecule has 3 nitrogen and oxygen atoms in total. The summed E-state index contributed by atoms with van der Waals surface area (Å²) in [4.78, 5) is 18.9. The molecule has 7 heteroatoms. The van der Waals surface area contributed by atoms with Crippen molar-refractivity contribution in [3.63, 3.8) is 0 Å². The fourth-order valence-corrected chi connectivity index (χ4v) is 5.89. The molecular weight excluding hydrogens is 431 g/mol. The van der Waals surface area contributed by atoms with Crippen LogP contribution in [0.4, 0.5) is 0 Å². The monoisotopic (exact) mass is 448 g/mol. The lowest BCUT2D eigenvalue weighted by Gasteiger charge is -2.15. The highest BCUT2D eigenvalue weighted by Crippen LogP contribution is 2.32. The van der Waals surface area contributed by atoms with Crippen molar-refractivity contribution in [3.05, 3.63) is 79.2 Å². The molecule has 0 aliphatic carbocycles. The van der Waals surface area contributed by atoms with Crippen LogP contribution in [0.3, 0.4) is 0 Å². The van der Waals surface area contributed by atoms with Crippen molar-refractivity contribution in [2.75, 3.05) is 5.75 Å². The summed E-state index contributed by atoms with van der Waals surface area (Å²) >= 11 is 15.5. The summed E-state index contributed by atoms with van der Waals surface area (Å²) in [5, 5.41) is 1.93. The van der Waals surface area contributed by atoms with Gasteiger partial charge in [0.05, 0.1) is 16.3 Å². The Morgan fingerprint density at radius 2 is 1.89 bits per heavy atom. The van der Waals surface area contributed by atoms with Crippen LogP contribution in [0.2, 0.25) is 10.0 Å². The molecule has 2 aromatic carbocycles. The van der Waals surface area contributed by atoms with E-state index in [9.17, 15) is 4.79 Å². The third kappa shape index (κ3) is 3.99. The number of hydrogen-bond acceptors (Lipinski definition) is 4. The van der Waals surface area contributed by atoms with Gasteiger partial charge in [0.25, 0.3) is 5.56 Å². The lowest BCUT2D eigenvalue weighted by Crippen LogP contribution is -2.24. The smallest absolute Gasteiger partial charge is 0.268 e. The lowest BCUT2D eigenvalue weighted by atomic mass is 10.1. The average molecular weight is 449 g/mol. The molecule has 4 rings (SSSR count). The highest BCUT2D eigenvalue weighted by atomic mass is 35.5. The highest BCUT2D eigenvalue weighted by Gasteiger charge is 2.23. The normalized spacial score (nSPS) is 13.0. The van der Waals surface area contributed by atoms with Gasteiger partial charge in [0.1, 0.15) is 0 Å². The molecule has 1 aromatic heterocycles. The molecule has 0 bridgehead atoms. The first-order chi connectivity index (χ1) is 13.4. The van der Waals surface area contributed by atoms with Crippen molar-refractivity contribution in [1.29, 1.82) is 0 Å². The highest BCUT2D eigenvalue weighted by molar-refractivity contribution is 7.99. The number of aryl methyl sites for hydroxylation is 3. The summed E-state index contributed by atoms with van der Waals surface area (Å²) in [6, 6.07) is 11.6. The van der Waals surface area contributed by atoms with Gasteiger partial charge in [-0.15, -0.1) is 11.8 Å². The lowest BCUT2D eigenvalue weighted by molar-refractivity contribution is 0.738. The third-order valence-corrected chi connectivity index (χ3v) is 7.18. The number of aromatic nitrogens is 2. The number of hydrogen-bond donors (Lipinski definition) is 0. The van der Waals surface area contributed by atoms with Crippen molar-refractivity contribution in [1.82, 2.24) is 9.55 Å². The van der Waals surface area contributed by atoms with Crippen LogP contribution in [0.5, 0.6) is 0 Å². The van der Waals surface area contributed by atoms with E-state index in [1.54, 1.807) is 22.4 Å². The van der Waals surface area contributed by atoms with E-state index in [-0.39, 0.29) is 5.56 Å². The van der Waals surface area contributed by atoms with E-state index in [2.05, 4.69) is 6.07 Å². The first kappa shape index (κ1) is 19.9. The summed E-state index contributed by atoms with van der Waals surface area (Å²) in [5.41, 5.74) is 4.98. The van der Waals surface area contributed by atoms with E-state index < -0.39 is 0 Å². The van der Waals surface area contributed by atoms with Gasteiger partial charge in [-0.2, -0.15) is 0 Å². The van der Waals surface area contributed by atoms with Gasteiger partial charge in [0.15, 0.2) is 5.16 Å². The molecule has 144 valence electrons. The van der Waals surface area contributed by atoms with Crippen molar-refractivity contribution < 1.29 is 0 Å². The van der Waals surface area contributed by atoms with Gasteiger partial charge in [-0.05, 0) is 54.8 Å². The number of rotatable bonds is 4. The first-order valence-electron chi connectivity index (χ1n) is 8.86. The maximum absolute atomic E-state index is 13.3. The second-order valence-electron chi connectivity index (χ2n) is 6.78. The Morgan fingerprint density at radius 3 is 2.61 bits per heavy atom. The van der Waals surface area contributed by atoms with E-state index in [1.807, 2.05) is 38.1 Å². The minimum Gasteiger partial charge on any atom is -0.268 e. The molecule has 0 atom stereocenters. The van der Waals surface area contributed by atoms with E-state index in [4.69, 9.17) is 28.2 Å². The van der Waals surface area contributed by atoms with Crippen molar-refractivity contribution in [3.8, 4) is 5.69 Å². The summed E-state index contributed by atoms with van der Waals surface area (Å²) in [6.45, 7) is 4.08. The average Bonchev–Trinajstić information content (AvgIpc) is 3.09. The number of halogens is 2. The van der Waals surface area contributed by atoms with E-state index in [1.165, 1.54) is 11.8 Å². The predicted molar refractivity (Wildman–Crippen MR) is 120 cm³/mol. The van der Waals surface area contributed by atoms with E-state index >= 15 is 0 Å². The van der Waals surface area contributed by atoms with Crippen molar-refractivity contribution >= 4 is 46.7 Å². The Hall–Kier alpha value is -1.40. The summed E-state index contributed by atoms with van der Waals surface area (Å²) in [5.74, 6) is 1.51. The Bertz CT molecular complexity index is 1110. The predicted octanol–water partition coefficient (Wildman–Crippen LogP) is 6.10. The molecule has 0 amide bonds. The second-order valence-corrected chi connectivity index (χ2v) is 9.67. The molecule has 0 fully saturated rings. The minimum atomic E-state index is 0.0159. The first-order valence-corrected chi connectivity index (χ1v) is 11.6. The molecule has 0 saturated carbocycles. The summed E-state index contributed by atoms with van der Waals surface area (Å²) in [7, 11) is 0. The van der Waals surface area contributed by atoms with Crippen molar-refractivity contribution in [2.24, 2.45) is 0 Å². The Balaban J connectivity index is 1.79. The Labute approximate surface area is 182 Å². The summed E-state index contributed by atoms with van der Waals surface area (Å²) in [6.07, 6.45) is 0.832. The Kier molecular flexibility index (Phi) is 5.79. The zero-order valence-corrected chi connectivity index (χ0v) is 18.6. The standard InChI is InChI=1S/C21H18Cl2N2OS2/c1-12-7-13(2)9-16(8-12)25-20(26)19-18(5-6-27-19)24-21(25)28-11-14-3-4-15(22)10-17(14)23/h3-4,7-10H,5-6,11H2,1-2H3. The number of fused-ring (bicyclic) bond motifs is 1. The van der Waals surface area contributed by atoms with Crippen LogP contribution in [0.25, 0.3) is 5.69 Å². The SMILES string of the molecule is Cc1cc(C)cc(-n2c(SCc3ccc(Cl)cc3Cl)nc3c(c2=O)SCC3)c1. The van der Waals surface area contributed by atoms with Gasteiger partial charge < -0.3 is 0 Å². The topological polar surface area (TPSA) is 34.9 Å². The zero-order valence-electron chi connectivity index (χ0n) is 15.5. The molecule has 0 spiro atoms. The third-order valence-electron chi connectivity index (χ3n) is 4.50. The number of thioether (sulfide) groups is 2. The molecule has 28 heavy (non-hydrogen) atoms. The summed E-state index contributed by atoms with van der Waals surface area (Å²) < 4.78 is 1.74. The maximum atomic E-state index is 13.3. The number of benzene rings is 2. The molecule has 0 unspecified atom stereocenters. The minimum absolute atomic E-state index is 0.0159. The molecular formula is C21H18Cl2N2OS2. The molecule has 2 heterocycles. The quantitative estimate of drug-likeness (QED) is 0.356. The van der Waals surface area contributed by atoms with Gasteiger partial charge in [-0.3, -0.25) is 9.36 Å². The largest absolute Gasteiger partial charge is 0.272 e. The van der Waals surface area contributed by atoms with Crippen LogP contribution < -0.4 is 5.56 Å². The maximum Gasteiger partial charge on any atom is 0.272 e. The molecule has 1 aliphatic rings. The molecule has 0 N–H and O–H groups in total. The molecule has 0 radical (unpaired) electrons. The Morgan fingerprint density at radius 1 is 1.14 bits per heavy atom. The van der Waals surface area contributed by atoms with E-state index in [0.717, 1.165) is 45.1 Å². The van der Waals surface area contributed by atoms with Crippen LogP contribution in [-0.4, -0.2) is 15.3 Å². The van der Waals surface area contributed by atoms with Crippen molar-refractivity contribution in [2.45, 2.75) is 36.1 Å². The fraction of sp³-hybridized carbons (Fsp3) is 0.238. The second kappa shape index (κ2) is 8.15. The fourth-order valence-electron chi connectivity index (χ4n) is 3.28. The van der Waals surface area contributed by atoms with Gasteiger partial charge >= 0.3 is 0 Å². The van der Waals surface area contributed by atoms with Gasteiger partial charge in [0.2, 0.25) is 0 Å². The van der Waals surface area contributed by atoms with Gasteiger partial charge in [-0.1, -0.05) is 47.1 Å². The molecule has 3 aromatic rings. The van der Waals surface area contributed by atoms with Crippen LogP contribution in [-0.2, 0) is 12.2 Å². The van der Waals surface area contributed by atoms with Gasteiger partial charge in [-0.25, -0.2) is 4.98 Å². The molecule has 0 saturated heterocycles. The van der Waals surface area contributed by atoms with Crippen LogP contribution >= 0.6 is 46.7 Å². The molecule has 1 aliphatic heterocycles. The van der Waals surface area contributed by atoms with E-state index in [0.29, 0.717) is 21.0 Å². The van der Waals surface area contributed by atoms with Crippen LogP contribution in [0, 0.1) is 13.8 Å². The number of nitrogens with zero attached hydrogens (tertiary/aromatic N) is 2. The zero-order chi connectivity index (χ0) is 19.8. The van der Waals surface area contributed by atoms with Crippen LogP contribution in [0.15, 0.2) is 51.2 Å². The van der Waals surface area contributed by atoms with Gasteiger partial charge in [0, 0.05) is 28.0 Å². The van der Waals surface area contributed by atoms with Crippen LogP contribution in [0.1, 0.15) is 22.4 Å².